The van der Waals surface area contributed by atoms with E-state index < -0.39 is 21.7 Å². The molecule has 0 bridgehead atoms. The predicted molar refractivity (Wildman–Crippen MR) is 114 cm³/mol. The molecule has 1 fully saturated rings. The van der Waals surface area contributed by atoms with Crippen molar-refractivity contribution in [1.82, 2.24) is 4.31 Å². The summed E-state index contributed by atoms with van der Waals surface area (Å²) in [6.45, 7) is 2.83. The Morgan fingerprint density at radius 2 is 2.07 bits per heavy atom. The molecular weight excluding hydrogens is 431 g/mol. The third-order valence-electron chi connectivity index (χ3n) is 5.46. The van der Waals surface area contributed by atoms with E-state index in [1.54, 1.807) is 0 Å². The van der Waals surface area contributed by atoms with Crippen LogP contribution in [0.15, 0.2) is 47.4 Å². The molecule has 2 aromatic rings. The first-order valence-electron chi connectivity index (χ1n) is 9.70. The fourth-order valence-corrected chi connectivity index (χ4v) is 5.48. The Labute approximate surface area is 180 Å². The molecule has 162 valence electrons. The van der Waals surface area contributed by atoms with Gasteiger partial charge in [0.1, 0.15) is 5.82 Å². The van der Waals surface area contributed by atoms with Gasteiger partial charge >= 0.3 is 0 Å². The number of anilines is 1. The number of nitrogens with zero attached hydrogens (tertiary/aromatic N) is 1. The molecule has 0 aliphatic carbocycles. The van der Waals surface area contributed by atoms with Gasteiger partial charge in [0.05, 0.1) is 9.92 Å². The van der Waals surface area contributed by atoms with Crippen LogP contribution in [0.25, 0.3) is 0 Å². The lowest BCUT2D eigenvalue weighted by molar-refractivity contribution is 0.102. The number of nitrogens with one attached hydrogen (secondary N) is 1. The molecule has 1 heterocycles. The number of hydrogen-bond acceptors (Lipinski definition) is 4. The highest BCUT2D eigenvalue weighted by Gasteiger charge is 2.33. The van der Waals surface area contributed by atoms with Gasteiger partial charge in [-0.05, 0) is 61.1 Å². The van der Waals surface area contributed by atoms with Crippen LogP contribution >= 0.6 is 11.6 Å². The van der Waals surface area contributed by atoms with Crippen molar-refractivity contribution in [3.8, 4) is 0 Å². The summed E-state index contributed by atoms with van der Waals surface area (Å²) in [5.41, 5.74) is 0.471. The third kappa shape index (κ3) is 5.00. The minimum absolute atomic E-state index is 0.0418. The number of piperidine rings is 1. The maximum absolute atomic E-state index is 13.3. The van der Waals surface area contributed by atoms with Crippen LogP contribution in [-0.2, 0) is 10.0 Å². The second-order valence-electron chi connectivity index (χ2n) is 7.51. The number of carbonyl (C=O) groups is 1. The number of aliphatic hydroxyl groups is 1. The smallest absolute Gasteiger partial charge is 0.255 e. The number of rotatable bonds is 6. The van der Waals surface area contributed by atoms with Crippen molar-refractivity contribution in [3.05, 3.63) is 58.9 Å². The van der Waals surface area contributed by atoms with Crippen LogP contribution in [0, 0.1) is 17.7 Å². The molecule has 2 atom stereocenters. The third-order valence-corrected chi connectivity index (χ3v) is 7.61. The van der Waals surface area contributed by atoms with Crippen LogP contribution in [-0.4, -0.2) is 43.4 Å². The van der Waals surface area contributed by atoms with Gasteiger partial charge in [0.25, 0.3) is 5.91 Å². The lowest BCUT2D eigenvalue weighted by Crippen LogP contribution is -2.43. The molecule has 1 saturated heterocycles. The summed E-state index contributed by atoms with van der Waals surface area (Å²) < 4.78 is 40.9. The summed E-state index contributed by atoms with van der Waals surface area (Å²) in [5.74, 6) is -0.694. The van der Waals surface area contributed by atoms with Crippen LogP contribution in [0.4, 0.5) is 10.1 Å². The van der Waals surface area contributed by atoms with Crippen molar-refractivity contribution in [2.24, 2.45) is 11.8 Å². The Morgan fingerprint density at radius 1 is 1.30 bits per heavy atom. The Hall–Kier alpha value is -2.00. The Morgan fingerprint density at radius 3 is 2.73 bits per heavy atom. The molecule has 0 radical (unpaired) electrons. The molecular formula is C21H24ClFN2O4S. The Balaban J connectivity index is 1.77. The van der Waals surface area contributed by atoms with Crippen molar-refractivity contribution >= 4 is 33.2 Å². The molecule has 6 nitrogen and oxygen atoms in total. The van der Waals surface area contributed by atoms with E-state index >= 15 is 0 Å². The average molecular weight is 455 g/mol. The zero-order valence-corrected chi connectivity index (χ0v) is 18.1. The summed E-state index contributed by atoms with van der Waals surface area (Å²) in [6.07, 6.45) is 1.35. The predicted octanol–water partition coefficient (Wildman–Crippen LogP) is 3.76. The number of benzene rings is 2. The van der Waals surface area contributed by atoms with Gasteiger partial charge in [-0.3, -0.25) is 4.79 Å². The van der Waals surface area contributed by atoms with Gasteiger partial charge in [0, 0.05) is 30.9 Å². The molecule has 0 aromatic heterocycles. The van der Waals surface area contributed by atoms with Gasteiger partial charge in [-0.2, -0.15) is 4.31 Å². The zero-order chi connectivity index (χ0) is 21.9. The van der Waals surface area contributed by atoms with Crippen molar-refractivity contribution in [1.29, 1.82) is 0 Å². The molecule has 0 saturated carbocycles. The Bertz CT molecular complexity index is 1030. The monoisotopic (exact) mass is 454 g/mol. The van der Waals surface area contributed by atoms with E-state index in [9.17, 15) is 17.6 Å². The van der Waals surface area contributed by atoms with Crippen LogP contribution < -0.4 is 5.32 Å². The minimum Gasteiger partial charge on any atom is -0.396 e. The fraction of sp³-hybridized carbons (Fsp3) is 0.381. The van der Waals surface area contributed by atoms with Gasteiger partial charge in [-0.15, -0.1) is 0 Å². The van der Waals surface area contributed by atoms with Crippen LogP contribution in [0.2, 0.25) is 5.02 Å². The molecule has 30 heavy (non-hydrogen) atoms. The van der Waals surface area contributed by atoms with Gasteiger partial charge in [-0.1, -0.05) is 24.6 Å². The number of sulfonamides is 1. The first-order chi connectivity index (χ1) is 14.2. The molecule has 2 unspecified atom stereocenters. The highest BCUT2D eigenvalue weighted by molar-refractivity contribution is 7.89. The molecule has 2 N–H and O–H groups in total. The number of aliphatic hydroxyl groups excluding tert-OH is 1. The maximum atomic E-state index is 13.3. The fourth-order valence-electron chi connectivity index (χ4n) is 3.69. The quantitative estimate of drug-likeness (QED) is 0.695. The standard InChI is InChI=1S/C21H24ClFN2O4S/c1-14-13-25(9-7-15(14)8-10-26)30(28,29)18-4-2-3-16(11-18)21(27)24-17-5-6-20(23)19(22)12-17/h2-6,11-12,14-15,26H,7-10,13H2,1H3,(H,24,27). The molecule has 2 aromatic carbocycles. The lowest BCUT2D eigenvalue weighted by Gasteiger charge is -2.36. The average Bonchev–Trinajstić information content (AvgIpc) is 2.72. The summed E-state index contributed by atoms with van der Waals surface area (Å²) in [6, 6.07) is 9.62. The summed E-state index contributed by atoms with van der Waals surface area (Å²) in [4.78, 5) is 12.6. The molecule has 1 amide bonds. The maximum Gasteiger partial charge on any atom is 0.255 e. The summed E-state index contributed by atoms with van der Waals surface area (Å²) in [5, 5.41) is 11.6. The molecule has 1 aliphatic rings. The minimum atomic E-state index is -3.75. The molecule has 1 aliphatic heterocycles. The van der Waals surface area contributed by atoms with Gasteiger partial charge < -0.3 is 10.4 Å². The number of amides is 1. The summed E-state index contributed by atoms with van der Waals surface area (Å²) in [7, 11) is -3.75. The largest absolute Gasteiger partial charge is 0.396 e. The topological polar surface area (TPSA) is 86.7 Å². The van der Waals surface area contributed by atoms with Gasteiger partial charge in [0.2, 0.25) is 10.0 Å². The van der Waals surface area contributed by atoms with E-state index in [-0.39, 0.29) is 28.0 Å². The van der Waals surface area contributed by atoms with E-state index in [2.05, 4.69) is 5.32 Å². The van der Waals surface area contributed by atoms with Crippen molar-refractivity contribution in [2.45, 2.75) is 24.7 Å². The van der Waals surface area contributed by atoms with E-state index in [1.165, 1.54) is 40.7 Å². The van der Waals surface area contributed by atoms with E-state index in [1.807, 2.05) is 6.92 Å². The Kier molecular flexibility index (Phi) is 7.13. The number of halogens is 2. The highest BCUT2D eigenvalue weighted by atomic mass is 35.5. The summed E-state index contributed by atoms with van der Waals surface area (Å²) >= 11 is 5.73. The van der Waals surface area contributed by atoms with Crippen LogP contribution in [0.1, 0.15) is 30.1 Å². The second-order valence-corrected chi connectivity index (χ2v) is 9.86. The van der Waals surface area contributed by atoms with E-state index in [0.717, 1.165) is 6.07 Å². The van der Waals surface area contributed by atoms with Crippen LogP contribution in [0.5, 0.6) is 0 Å². The first kappa shape index (κ1) is 22.7. The number of hydrogen-bond donors (Lipinski definition) is 2. The SMILES string of the molecule is CC1CN(S(=O)(=O)c2cccc(C(=O)Nc3ccc(F)c(Cl)c3)c2)CCC1CCO. The molecule has 0 spiro atoms. The molecule has 3 rings (SSSR count). The van der Waals surface area contributed by atoms with Crippen molar-refractivity contribution < 1.29 is 22.7 Å². The van der Waals surface area contributed by atoms with Gasteiger partial charge in [0.15, 0.2) is 0 Å². The second kappa shape index (κ2) is 9.43. The molecule has 9 heteroatoms. The zero-order valence-electron chi connectivity index (χ0n) is 16.5. The van der Waals surface area contributed by atoms with Gasteiger partial charge in [-0.25, -0.2) is 12.8 Å². The lowest BCUT2D eigenvalue weighted by atomic mass is 9.86. The highest BCUT2D eigenvalue weighted by Crippen LogP contribution is 2.30. The van der Waals surface area contributed by atoms with E-state index in [4.69, 9.17) is 16.7 Å². The van der Waals surface area contributed by atoms with Crippen molar-refractivity contribution in [2.75, 3.05) is 25.0 Å². The van der Waals surface area contributed by atoms with E-state index in [0.29, 0.717) is 37.5 Å². The normalized spacial score (nSPS) is 20.1. The first-order valence-corrected chi connectivity index (χ1v) is 11.5. The van der Waals surface area contributed by atoms with Crippen molar-refractivity contribution in [3.63, 3.8) is 0 Å². The number of carbonyl (C=O) groups excluding carboxylic acids is 1. The van der Waals surface area contributed by atoms with Crippen LogP contribution in [0.3, 0.4) is 0 Å².